The molecule has 4 nitrogen and oxygen atoms in total. The summed E-state index contributed by atoms with van der Waals surface area (Å²) in [5.41, 5.74) is 3.77. The molecule has 0 saturated heterocycles. The summed E-state index contributed by atoms with van der Waals surface area (Å²) in [6.45, 7) is 0. The van der Waals surface area contributed by atoms with Gasteiger partial charge < -0.3 is 4.98 Å². The van der Waals surface area contributed by atoms with E-state index in [0.29, 0.717) is 0 Å². The Labute approximate surface area is 81.7 Å². The van der Waals surface area contributed by atoms with E-state index in [2.05, 4.69) is 20.5 Å². The number of H-pyrrole nitrogens is 1. The number of aromatic amines is 1. The van der Waals surface area contributed by atoms with E-state index in [4.69, 9.17) is 0 Å². The molecule has 0 aliphatic heterocycles. The van der Waals surface area contributed by atoms with Gasteiger partial charge in [0, 0.05) is 12.4 Å². The van der Waals surface area contributed by atoms with Gasteiger partial charge in [0.15, 0.2) is 0 Å². The van der Waals surface area contributed by atoms with Crippen LogP contribution in [0.2, 0.25) is 0 Å². The summed E-state index contributed by atoms with van der Waals surface area (Å²) >= 11 is 0. The molecule has 2 heterocycles. The van der Waals surface area contributed by atoms with Gasteiger partial charge in [-0.05, 0) is 24.3 Å². The molecule has 0 amide bonds. The van der Waals surface area contributed by atoms with Gasteiger partial charge >= 0.3 is 0 Å². The topological polar surface area (TPSA) is 53.1 Å². The molecule has 2 aromatic heterocycles. The zero-order chi connectivity index (χ0) is 9.64. The minimum Gasteiger partial charge on any atom is -0.360 e. The number of hydrazone groups is 1. The normalized spacial score (nSPS) is 10.6. The van der Waals surface area contributed by atoms with Crippen LogP contribution in [0.1, 0.15) is 5.69 Å². The Bertz CT molecular complexity index is 391. The van der Waals surface area contributed by atoms with E-state index in [0.717, 1.165) is 11.5 Å². The van der Waals surface area contributed by atoms with Gasteiger partial charge in [-0.1, -0.05) is 6.07 Å². The molecule has 70 valence electrons. The fourth-order valence-electron chi connectivity index (χ4n) is 1.02. The number of pyridine rings is 1. The first-order valence-electron chi connectivity index (χ1n) is 4.28. The summed E-state index contributed by atoms with van der Waals surface area (Å²) in [5, 5.41) is 4.02. The summed E-state index contributed by atoms with van der Waals surface area (Å²) in [7, 11) is 0. The Kier molecular flexibility index (Phi) is 2.56. The third-order valence-electron chi connectivity index (χ3n) is 1.67. The largest absolute Gasteiger partial charge is 0.360 e. The summed E-state index contributed by atoms with van der Waals surface area (Å²) in [4.78, 5) is 7.08. The molecule has 2 aromatic rings. The van der Waals surface area contributed by atoms with Gasteiger partial charge in [0.25, 0.3) is 0 Å². The quantitative estimate of drug-likeness (QED) is 0.567. The van der Waals surface area contributed by atoms with Crippen LogP contribution in [0.25, 0.3) is 0 Å². The molecule has 0 bridgehead atoms. The maximum atomic E-state index is 4.06. The second-order valence-electron chi connectivity index (χ2n) is 2.71. The predicted octanol–water partition coefficient (Wildman–Crippen LogP) is 1.86. The van der Waals surface area contributed by atoms with Crippen LogP contribution in [-0.4, -0.2) is 16.2 Å². The molecule has 2 N–H and O–H groups in total. The Balaban J connectivity index is 1.95. The molecule has 0 fully saturated rings. The first kappa shape index (κ1) is 8.50. The Morgan fingerprint density at radius 1 is 1.29 bits per heavy atom. The molecule has 0 aromatic carbocycles. The zero-order valence-corrected chi connectivity index (χ0v) is 7.51. The van der Waals surface area contributed by atoms with E-state index in [1.165, 1.54) is 0 Å². The second kappa shape index (κ2) is 4.23. The molecule has 0 unspecified atom stereocenters. The van der Waals surface area contributed by atoms with Crippen molar-refractivity contribution in [1.82, 2.24) is 9.97 Å². The first-order chi connectivity index (χ1) is 6.95. The van der Waals surface area contributed by atoms with Crippen molar-refractivity contribution in [3.63, 3.8) is 0 Å². The molecule has 0 aliphatic carbocycles. The maximum absolute atomic E-state index is 4.06. The van der Waals surface area contributed by atoms with Crippen molar-refractivity contribution in [2.24, 2.45) is 5.10 Å². The van der Waals surface area contributed by atoms with Crippen LogP contribution in [0.3, 0.4) is 0 Å². The lowest BCUT2D eigenvalue weighted by molar-refractivity contribution is 1.23. The number of anilines is 1. The van der Waals surface area contributed by atoms with Crippen LogP contribution in [-0.2, 0) is 0 Å². The second-order valence-corrected chi connectivity index (χ2v) is 2.71. The molecular formula is C10H10N4. The van der Waals surface area contributed by atoms with Gasteiger partial charge in [0.2, 0.25) is 0 Å². The Morgan fingerprint density at radius 3 is 3.00 bits per heavy atom. The van der Waals surface area contributed by atoms with E-state index < -0.39 is 0 Å². The van der Waals surface area contributed by atoms with Gasteiger partial charge in [0.1, 0.15) is 5.82 Å². The number of rotatable bonds is 3. The van der Waals surface area contributed by atoms with Crippen LogP contribution in [0.5, 0.6) is 0 Å². The average molecular weight is 186 g/mol. The summed E-state index contributed by atoms with van der Waals surface area (Å²) in [6.07, 6.45) is 5.27. The first-order valence-corrected chi connectivity index (χ1v) is 4.28. The molecule has 14 heavy (non-hydrogen) atoms. The molecule has 0 spiro atoms. The van der Waals surface area contributed by atoms with Gasteiger partial charge in [0.05, 0.1) is 11.9 Å². The third kappa shape index (κ3) is 2.20. The zero-order valence-electron chi connectivity index (χ0n) is 7.51. The Morgan fingerprint density at radius 2 is 2.29 bits per heavy atom. The van der Waals surface area contributed by atoms with Gasteiger partial charge in [-0.15, -0.1) is 0 Å². The third-order valence-corrected chi connectivity index (χ3v) is 1.67. The highest BCUT2D eigenvalue weighted by Gasteiger charge is 1.87. The fourth-order valence-corrected chi connectivity index (χ4v) is 1.02. The number of hydrogen-bond donors (Lipinski definition) is 2. The smallest absolute Gasteiger partial charge is 0.146 e. The van der Waals surface area contributed by atoms with E-state index in [-0.39, 0.29) is 0 Å². The highest BCUT2D eigenvalue weighted by atomic mass is 15.3. The number of nitrogens with one attached hydrogen (secondary N) is 2. The molecule has 0 saturated carbocycles. The number of hydrogen-bond acceptors (Lipinski definition) is 3. The molecule has 0 aliphatic rings. The molecular weight excluding hydrogens is 176 g/mol. The monoisotopic (exact) mass is 186 g/mol. The number of aromatic nitrogens is 2. The summed E-state index contributed by atoms with van der Waals surface area (Å²) in [6, 6.07) is 9.47. The molecule has 2 rings (SSSR count). The van der Waals surface area contributed by atoms with Crippen LogP contribution >= 0.6 is 0 Å². The van der Waals surface area contributed by atoms with E-state index in [9.17, 15) is 0 Å². The summed E-state index contributed by atoms with van der Waals surface area (Å²) in [5.74, 6) is 0.732. The van der Waals surface area contributed by atoms with Crippen molar-refractivity contribution < 1.29 is 0 Å². The van der Waals surface area contributed by atoms with Crippen molar-refractivity contribution in [3.05, 3.63) is 48.4 Å². The SMILES string of the molecule is C(=NNc1ccccn1)c1ccc[nH]1. The predicted molar refractivity (Wildman–Crippen MR) is 56.2 cm³/mol. The minimum atomic E-state index is 0.732. The average Bonchev–Trinajstić information content (AvgIpc) is 2.72. The summed E-state index contributed by atoms with van der Waals surface area (Å²) < 4.78 is 0. The number of nitrogens with zero attached hydrogens (tertiary/aromatic N) is 2. The highest BCUT2D eigenvalue weighted by molar-refractivity contribution is 5.77. The lowest BCUT2D eigenvalue weighted by Crippen LogP contribution is -1.92. The molecule has 4 heteroatoms. The van der Waals surface area contributed by atoms with Crippen LogP contribution < -0.4 is 5.43 Å². The van der Waals surface area contributed by atoms with Gasteiger partial charge in [-0.3, -0.25) is 5.43 Å². The van der Waals surface area contributed by atoms with E-state index >= 15 is 0 Å². The van der Waals surface area contributed by atoms with Gasteiger partial charge in [-0.25, -0.2) is 4.98 Å². The highest BCUT2D eigenvalue weighted by Crippen LogP contribution is 1.99. The van der Waals surface area contributed by atoms with Crippen molar-refractivity contribution in [3.8, 4) is 0 Å². The van der Waals surface area contributed by atoms with Crippen LogP contribution in [0.4, 0.5) is 5.82 Å². The minimum absolute atomic E-state index is 0.732. The van der Waals surface area contributed by atoms with Gasteiger partial charge in [-0.2, -0.15) is 5.10 Å². The Hall–Kier alpha value is -2.10. The van der Waals surface area contributed by atoms with Crippen molar-refractivity contribution in [2.45, 2.75) is 0 Å². The lowest BCUT2D eigenvalue weighted by atomic mass is 10.5. The van der Waals surface area contributed by atoms with Crippen LogP contribution in [0.15, 0.2) is 47.8 Å². The van der Waals surface area contributed by atoms with Crippen LogP contribution in [0, 0.1) is 0 Å². The van der Waals surface area contributed by atoms with Crippen molar-refractivity contribution >= 4 is 12.0 Å². The molecule has 0 radical (unpaired) electrons. The fraction of sp³-hybridized carbons (Fsp3) is 0. The van der Waals surface area contributed by atoms with Crippen molar-refractivity contribution in [2.75, 3.05) is 5.43 Å². The van der Waals surface area contributed by atoms with E-state index in [1.807, 2.05) is 36.5 Å². The molecule has 0 atom stereocenters. The van der Waals surface area contributed by atoms with Crippen molar-refractivity contribution in [1.29, 1.82) is 0 Å². The van der Waals surface area contributed by atoms with E-state index in [1.54, 1.807) is 12.4 Å². The lowest BCUT2D eigenvalue weighted by Gasteiger charge is -1.95. The standard InChI is InChI=1S/C10H10N4/c1-2-6-12-10(5-1)14-13-8-9-4-3-7-11-9/h1-8,11H,(H,12,14). The maximum Gasteiger partial charge on any atom is 0.146 e.